The Labute approximate surface area is 96.1 Å². The molecule has 0 spiro atoms. The van der Waals surface area contributed by atoms with Gasteiger partial charge in [-0.25, -0.2) is 0 Å². The molecule has 0 saturated heterocycles. The van der Waals surface area contributed by atoms with Crippen molar-refractivity contribution in [1.82, 2.24) is 0 Å². The van der Waals surface area contributed by atoms with Crippen LogP contribution in [0.5, 0.6) is 0 Å². The summed E-state index contributed by atoms with van der Waals surface area (Å²) in [5.74, 6) is 0.943. The third-order valence-electron chi connectivity index (χ3n) is 2.71. The van der Waals surface area contributed by atoms with Gasteiger partial charge in [-0.1, -0.05) is 43.9 Å². The molecule has 16 heavy (non-hydrogen) atoms. The first-order valence-corrected chi connectivity index (χ1v) is 5.59. The summed E-state index contributed by atoms with van der Waals surface area (Å²) in [7, 11) is 0. The second kappa shape index (κ2) is 4.40. The maximum atomic E-state index is 5.86. The summed E-state index contributed by atoms with van der Waals surface area (Å²) in [6.07, 6.45) is 5.05. The predicted octanol–water partition coefficient (Wildman–Crippen LogP) is 4.89. The Morgan fingerprint density at radius 2 is 2.12 bits per heavy atom. The molecular weight excluding hydrogens is 196 g/mol. The van der Waals surface area contributed by atoms with Crippen molar-refractivity contribution in [2.45, 2.75) is 20.3 Å². The van der Waals surface area contributed by atoms with Gasteiger partial charge in [0.1, 0.15) is 11.3 Å². The van der Waals surface area contributed by atoms with Gasteiger partial charge in [0.05, 0.1) is 0 Å². The largest absolute Gasteiger partial charge is 0.456 e. The summed E-state index contributed by atoms with van der Waals surface area (Å²) in [5.41, 5.74) is 3.20. The van der Waals surface area contributed by atoms with E-state index in [2.05, 4.69) is 32.6 Å². The molecule has 1 heterocycles. The lowest BCUT2D eigenvalue weighted by Crippen LogP contribution is -1.79. The molecule has 2 aromatic rings. The second-order valence-electron chi connectivity index (χ2n) is 3.84. The van der Waals surface area contributed by atoms with E-state index in [1.54, 1.807) is 0 Å². The molecule has 0 bridgehead atoms. The molecule has 0 radical (unpaired) electrons. The van der Waals surface area contributed by atoms with Crippen LogP contribution in [0, 0.1) is 0 Å². The number of allylic oxidation sites excluding steroid dienone is 2. The van der Waals surface area contributed by atoms with Crippen molar-refractivity contribution in [3.8, 4) is 0 Å². The SMILES string of the molecule is C=Cc1c(/C(C)=C\CC)oc2ccccc12. The van der Waals surface area contributed by atoms with Gasteiger partial charge in [0.2, 0.25) is 0 Å². The van der Waals surface area contributed by atoms with E-state index in [-0.39, 0.29) is 0 Å². The van der Waals surface area contributed by atoms with Gasteiger partial charge in [-0.15, -0.1) is 0 Å². The predicted molar refractivity (Wildman–Crippen MR) is 70.2 cm³/mol. The Kier molecular flexibility index (Phi) is 2.95. The molecule has 2 rings (SSSR count). The second-order valence-corrected chi connectivity index (χ2v) is 3.84. The van der Waals surface area contributed by atoms with Crippen LogP contribution in [0.25, 0.3) is 22.6 Å². The first kappa shape index (κ1) is 10.7. The molecule has 0 saturated carbocycles. The van der Waals surface area contributed by atoms with E-state index in [4.69, 9.17) is 4.42 Å². The van der Waals surface area contributed by atoms with Crippen LogP contribution in [0.2, 0.25) is 0 Å². The highest BCUT2D eigenvalue weighted by molar-refractivity contribution is 5.92. The van der Waals surface area contributed by atoms with Gasteiger partial charge in [0.15, 0.2) is 0 Å². The quantitative estimate of drug-likeness (QED) is 0.706. The fourth-order valence-electron chi connectivity index (χ4n) is 1.96. The lowest BCUT2D eigenvalue weighted by atomic mass is 10.1. The zero-order valence-electron chi connectivity index (χ0n) is 9.79. The minimum Gasteiger partial charge on any atom is -0.456 e. The number of hydrogen-bond donors (Lipinski definition) is 0. The zero-order chi connectivity index (χ0) is 11.5. The maximum absolute atomic E-state index is 5.86. The molecule has 1 aromatic carbocycles. The molecule has 0 amide bonds. The number of rotatable bonds is 3. The lowest BCUT2D eigenvalue weighted by Gasteiger charge is -1.97. The van der Waals surface area contributed by atoms with Gasteiger partial charge in [0, 0.05) is 10.9 Å². The van der Waals surface area contributed by atoms with Crippen LogP contribution in [0.3, 0.4) is 0 Å². The first-order valence-electron chi connectivity index (χ1n) is 5.59. The van der Waals surface area contributed by atoms with Crippen LogP contribution < -0.4 is 0 Å². The van der Waals surface area contributed by atoms with Crippen molar-refractivity contribution in [3.63, 3.8) is 0 Å². The highest BCUT2D eigenvalue weighted by Gasteiger charge is 2.11. The smallest absolute Gasteiger partial charge is 0.137 e. The van der Waals surface area contributed by atoms with Gasteiger partial charge in [0.25, 0.3) is 0 Å². The fraction of sp³-hybridized carbons (Fsp3) is 0.200. The molecule has 0 atom stereocenters. The Hall–Kier alpha value is -1.76. The van der Waals surface area contributed by atoms with Crippen LogP contribution in [0.15, 0.2) is 41.3 Å². The Balaban J connectivity index is 2.70. The molecule has 1 aromatic heterocycles. The first-order chi connectivity index (χ1) is 7.77. The van der Waals surface area contributed by atoms with Crippen molar-refractivity contribution in [3.05, 3.63) is 48.2 Å². The minimum atomic E-state index is 0.927. The molecule has 1 nitrogen and oxygen atoms in total. The van der Waals surface area contributed by atoms with Crippen molar-refractivity contribution in [2.24, 2.45) is 0 Å². The van der Waals surface area contributed by atoms with Crippen LogP contribution in [-0.2, 0) is 0 Å². The third kappa shape index (κ3) is 1.69. The van der Waals surface area contributed by atoms with E-state index in [9.17, 15) is 0 Å². The third-order valence-corrected chi connectivity index (χ3v) is 2.71. The average Bonchev–Trinajstić information content (AvgIpc) is 2.67. The van der Waals surface area contributed by atoms with Gasteiger partial charge in [-0.2, -0.15) is 0 Å². The molecule has 0 N–H and O–H groups in total. The van der Waals surface area contributed by atoms with Crippen molar-refractivity contribution < 1.29 is 4.42 Å². The molecule has 1 heteroatoms. The molecule has 0 unspecified atom stereocenters. The Bertz CT molecular complexity index is 544. The standard InChI is InChI=1S/C15H16O/c1-4-8-11(3)15-12(5-2)13-9-6-7-10-14(13)16-15/h5-10H,2,4H2,1,3H3/b11-8-. The number of para-hydroxylation sites is 1. The highest BCUT2D eigenvalue weighted by atomic mass is 16.3. The molecule has 0 aliphatic carbocycles. The Morgan fingerprint density at radius 3 is 2.81 bits per heavy atom. The average molecular weight is 212 g/mol. The molecule has 82 valence electrons. The Morgan fingerprint density at radius 1 is 1.38 bits per heavy atom. The van der Waals surface area contributed by atoms with E-state index in [1.165, 1.54) is 5.57 Å². The van der Waals surface area contributed by atoms with E-state index >= 15 is 0 Å². The van der Waals surface area contributed by atoms with Crippen molar-refractivity contribution in [1.29, 1.82) is 0 Å². The lowest BCUT2D eigenvalue weighted by molar-refractivity contribution is 0.598. The summed E-state index contributed by atoms with van der Waals surface area (Å²) in [6.45, 7) is 8.07. The van der Waals surface area contributed by atoms with E-state index in [1.807, 2.05) is 24.3 Å². The zero-order valence-corrected chi connectivity index (χ0v) is 9.79. The van der Waals surface area contributed by atoms with Crippen LogP contribution >= 0.6 is 0 Å². The van der Waals surface area contributed by atoms with Crippen molar-refractivity contribution >= 4 is 22.6 Å². The fourth-order valence-corrected chi connectivity index (χ4v) is 1.96. The summed E-state index contributed by atoms with van der Waals surface area (Å²) >= 11 is 0. The molecule has 0 aliphatic rings. The van der Waals surface area contributed by atoms with Gasteiger partial charge in [-0.3, -0.25) is 0 Å². The van der Waals surface area contributed by atoms with Gasteiger partial charge >= 0.3 is 0 Å². The van der Waals surface area contributed by atoms with E-state index < -0.39 is 0 Å². The van der Waals surface area contributed by atoms with Crippen LogP contribution in [0.4, 0.5) is 0 Å². The van der Waals surface area contributed by atoms with Gasteiger partial charge in [-0.05, 0) is 25.0 Å². The van der Waals surface area contributed by atoms with E-state index in [0.29, 0.717) is 0 Å². The summed E-state index contributed by atoms with van der Waals surface area (Å²) in [4.78, 5) is 0. The topological polar surface area (TPSA) is 13.1 Å². The number of hydrogen-bond acceptors (Lipinski definition) is 1. The molecule has 0 aliphatic heterocycles. The molecular formula is C15H16O. The number of furan rings is 1. The highest BCUT2D eigenvalue weighted by Crippen LogP contribution is 2.31. The number of benzene rings is 1. The summed E-state index contributed by atoms with van der Waals surface area (Å²) in [6, 6.07) is 8.07. The minimum absolute atomic E-state index is 0.927. The van der Waals surface area contributed by atoms with Crippen LogP contribution in [-0.4, -0.2) is 0 Å². The normalized spacial score (nSPS) is 12.0. The van der Waals surface area contributed by atoms with Crippen molar-refractivity contribution in [2.75, 3.05) is 0 Å². The monoisotopic (exact) mass is 212 g/mol. The summed E-state index contributed by atoms with van der Waals surface area (Å²) in [5, 5.41) is 1.14. The van der Waals surface area contributed by atoms with Gasteiger partial charge < -0.3 is 4.42 Å². The number of fused-ring (bicyclic) bond motifs is 1. The molecule has 0 fully saturated rings. The van der Waals surface area contributed by atoms with E-state index in [0.717, 1.165) is 28.7 Å². The summed E-state index contributed by atoms with van der Waals surface area (Å²) < 4.78 is 5.86. The maximum Gasteiger partial charge on any atom is 0.137 e. The van der Waals surface area contributed by atoms with Crippen LogP contribution in [0.1, 0.15) is 31.6 Å².